The molecule has 0 bridgehead atoms. The molecule has 0 aliphatic carbocycles. The van der Waals surface area contributed by atoms with Gasteiger partial charge in [-0.1, -0.05) is 12.1 Å². The summed E-state index contributed by atoms with van der Waals surface area (Å²) in [6, 6.07) is 7.36. The number of benzene rings is 1. The topological polar surface area (TPSA) is 94.7 Å². The lowest BCUT2D eigenvalue weighted by Gasteiger charge is -2.07. The molecule has 0 saturated heterocycles. The Morgan fingerprint density at radius 1 is 1.10 bits per heavy atom. The predicted octanol–water partition coefficient (Wildman–Crippen LogP) is 1.39. The third-order valence-electron chi connectivity index (χ3n) is 2.95. The lowest BCUT2D eigenvalue weighted by molar-refractivity contribution is 0.694. The van der Waals surface area contributed by atoms with E-state index in [0.717, 1.165) is 14.7 Å². The normalized spacial score (nSPS) is 11.2. The van der Waals surface area contributed by atoms with Crippen LogP contribution in [0.15, 0.2) is 44.1 Å². The molecule has 0 aliphatic heterocycles. The molecule has 0 aliphatic rings. The van der Waals surface area contributed by atoms with Crippen molar-refractivity contribution in [2.75, 3.05) is 5.73 Å². The fourth-order valence-corrected chi connectivity index (χ4v) is 1.73. The van der Waals surface area contributed by atoms with E-state index >= 15 is 0 Å². The van der Waals surface area contributed by atoms with Crippen LogP contribution >= 0.6 is 0 Å². The highest BCUT2D eigenvalue weighted by Crippen LogP contribution is 2.19. The number of rotatable bonds is 2. The summed E-state index contributed by atoms with van der Waals surface area (Å²) >= 11 is 0. The minimum atomic E-state index is -0.568. The number of nitrogens with two attached hydrogens (primary N) is 1. The number of aromatic nitrogens is 2. The Balaban J connectivity index is 2.55. The van der Waals surface area contributed by atoms with E-state index in [-0.39, 0.29) is 11.5 Å². The van der Waals surface area contributed by atoms with Crippen LogP contribution in [0.4, 0.5) is 17.2 Å². The largest absolute Gasteiger partial charge is 0.383 e. The Hall–Kier alpha value is -2.70. The summed E-state index contributed by atoms with van der Waals surface area (Å²) in [4.78, 5) is 23.6. The van der Waals surface area contributed by atoms with Gasteiger partial charge in [0.2, 0.25) is 0 Å². The second kappa shape index (κ2) is 5.12. The highest BCUT2D eigenvalue weighted by molar-refractivity contribution is 5.56. The van der Waals surface area contributed by atoms with Crippen molar-refractivity contribution in [1.29, 1.82) is 0 Å². The summed E-state index contributed by atoms with van der Waals surface area (Å²) < 4.78 is 2.10. The van der Waals surface area contributed by atoms with Crippen LogP contribution in [0.5, 0.6) is 0 Å². The average molecular weight is 273 g/mol. The Morgan fingerprint density at radius 3 is 2.45 bits per heavy atom. The molecule has 0 amide bonds. The molecule has 1 heterocycles. The number of hydrogen-bond donors (Lipinski definition) is 1. The number of azo groups is 1. The van der Waals surface area contributed by atoms with Crippen LogP contribution < -0.4 is 17.0 Å². The van der Waals surface area contributed by atoms with Gasteiger partial charge in [0.15, 0.2) is 5.69 Å². The highest BCUT2D eigenvalue weighted by atomic mass is 16.2. The maximum Gasteiger partial charge on any atom is 0.332 e. The first-order valence-electron chi connectivity index (χ1n) is 5.95. The van der Waals surface area contributed by atoms with Crippen molar-refractivity contribution in [2.24, 2.45) is 24.3 Å². The van der Waals surface area contributed by atoms with E-state index in [0.29, 0.717) is 5.69 Å². The van der Waals surface area contributed by atoms with Crippen molar-refractivity contribution in [3.8, 4) is 0 Å². The minimum Gasteiger partial charge on any atom is -0.383 e. The standard InChI is InChI=1S/C13H15N5O2/c1-8-5-4-6-9(7-8)15-16-10-11(14)17(2)13(20)18(3)12(10)19/h4-7H,14H2,1-3H3. The fourth-order valence-electron chi connectivity index (χ4n) is 1.73. The van der Waals surface area contributed by atoms with Gasteiger partial charge >= 0.3 is 5.69 Å². The molecule has 0 atom stereocenters. The number of nitrogens with zero attached hydrogens (tertiary/aromatic N) is 4. The van der Waals surface area contributed by atoms with Crippen LogP contribution in [0.3, 0.4) is 0 Å². The third kappa shape index (κ3) is 2.37. The number of aryl methyl sites for hydroxylation is 1. The summed E-state index contributed by atoms with van der Waals surface area (Å²) in [5, 5.41) is 7.87. The molecule has 0 radical (unpaired) electrons. The molecule has 2 rings (SSSR count). The van der Waals surface area contributed by atoms with Gasteiger partial charge in [0.1, 0.15) is 5.82 Å². The molecule has 20 heavy (non-hydrogen) atoms. The molecule has 0 unspecified atom stereocenters. The molecule has 7 nitrogen and oxygen atoms in total. The Bertz CT molecular complexity index is 801. The summed E-state index contributed by atoms with van der Waals surface area (Å²) in [6.45, 7) is 1.93. The third-order valence-corrected chi connectivity index (χ3v) is 2.95. The van der Waals surface area contributed by atoms with Gasteiger partial charge in [-0.05, 0) is 24.6 Å². The number of anilines is 1. The van der Waals surface area contributed by atoms with E-state index in [1.165, 1.54) is 14.1 Å². The first-order chi connectivity index (χ1) is 9.41. The van der Waals surface area contributed by atoms with Crippen LogP contribution in [0.1, 0.15) is 5.56 Å². The summed E-state index contributed by atoms with van der Waals surface area (Å²) in [5.41, 5.74) is 6.27. The van der Waals surface area contributed by atoms with Crippen LogP contribution in [-0.4, -0.2) is 9.13 Å². The van der Waals surface area contributed by atoms with Crippen LogP contribution in [0.2, 0.25) is 0 Å². The van der Waals surface area contributed by atoms with Crippen molar-refractivity contribution in [3.05, 3.63) is 50.7 Å². The zero-order valence-corrected chi connectivity index (χ0v) is 11.5. The molecule has 0 saturated carbocycles. The maximum atomic E-state index is 12.0. The Labute approximate surface area is 115 Å². The zero-order chi connectivity index (χ0) is 14.9. The van der Waals surface area contributed by atoms with Gasteiger partial charge in [-0.25, -0.2) is 4.79 Å². The molecule has 1 aromatic carbocycles. The van der Waals surface area contributed by atoms with Crippen LogP contribution in [0.25, 0.3) is 0 Å². The zero-order valence-electron chi connectivity index (χ0n) is 11.5. The molecule has 0 fully saturated rings. The average Bonchev–Trinajstić information content (AvgIpc) is 2.43. The summed E-state index contributed by atoms with van der Waals surface area (Å²) in [5.74, 6) is -0.00509. The highest BCUT2D eigenvalue weighted by Gasteiger charge is 2.12. The van der Waals surface area contributed by atoms with E-state index in [1.54, 1.807) is 6.07 Å². The molecular formula is C13H15N5O2. The Kier molecular flexibility index (Phi) is 3.51. The van der Waals surface area contributed by atoms with E-state index in [9.17, 15) is 9.59 Å². The van der Waals surface area contributed by atoms with Crippen molar-refractivity contribution in [2.45, 2.75) is 6.92 Å². The van der Waals surface area contributed by atoms with Gasteiger partial charge < -0.3 is 5.73 Å². The lowest BCUT2D eigenvalue weighted by Crippen LogP contribution is -2.37. The molecule has 2 aromatic rings. The van der Waals surface area contributed by atoms with Crippen molar-refractivity contribution in [3.63, 3.8) is 0 Å². The maximum absolute atomic E-state index is 12.0. The van der Waals surface area contributed by atoms with Gasteiger partial charge in [0, 0.05) is 14.1 Å². The van der Waals surface area contributed by atoms with Gasteiger partial charge in [-0.2, -0.15) is 5.11 Å². The van der Waals surface area contributed by atoms with Gasteiger partial charge in [-0.15, -0.1) is 5.11 Å². The number of hydrogen-bond acceptors (Lipinski definition) is 5. The minimum absolute atomic E-state index is 0.00509. The van der Waals surface area contributed by atoms with E-state index < -0.39 is 11.2 Å². The smallest absolute Gasteiger partial charge is 0.332 e. The monoisotopic (exact) mass is 273 g/mol. The predicted molar refractivity (Wildman–Crippen MR) is 76.7 cm³/mol. The van der Waals surface area contributed by atoms with Gasteiger partial charge in [0.05, 0.1) is 5.69 Å². The van der Waals surface area contributed by atoms with Crippen molar-refractivity contribution < 1.29 is 0 Å². The SMILES string of the molecule is Cc1cccc(N=Nc2c(N)n(C)c(=O)n(C)c2=O)c1. The summed E-state index contributed by atoms with van der Waals surface area (Å²) in [6.07, 6.45) is 0. The van der Waals surface area contributed by atoms with E-state index in [2.05, 4.69) is 10.2 Å². The molecule has 2 N–H and O–H groups in total. The molecule has 7 heteroatoms. The van der Waals surface area contributed by atoms with Gasteiger partial charge in [0.25, 0.3) is 5.56 Å². The van der Waals surface area contributed by atoms with Crippen LogP contribution in [-0.2, 0) is 14.1 Å². The number of nitrogen functional groups attached to an aromatic ring is 1. The molecule has 1 aromatic heterocycles. The Morgan fingerprint density at radius 2 is 1.80 bits per heavy atom. The fraction of sp³-hybridized carbons (Fsp3) is 0.231. The van der Waals surface area contributed by atoms with Gasteiger partial charge in [-0.3, -0.25) is 13.9 Å². The second-order valence-electron chi connectivity index (χ2n) is 4.48. The van der Waals surface area contributed by atoms with Crippen molar-refractivity contribution in [1.82, 2.24) is 9.13 Å². The summed E-state index contributed by atoms with van der Waals surface area (Å²) in [7, 11) is 2.85. The molecule has 104 valence electrons. The lowest BCUT2D eigenvalue weighted by atomic mass is 10.2. The second-order valence-corrected chi connectivity index (χ2v) is 4.48. The molecule has 0 spiro atoms. The quantitative estimate of drug-likeness (QED) is 0.837. The van der Waals surface area contributed by atoms with E-state index in [1.807, 2.05) is 25.1 Å². The molecular weight excluding hydrogens is 258 g/mol. The van der Waals surface area contributed by atoms with E-state index in [4.69, 9.17) is 5.73 Å². The van der Waals surface area contributed by atoms with Crippen molar-refractivity contribution >= 4 is 17.2 Å². The first-order valence-corrected chi connectivity index (χ1v) is 5.95. The van der Waals surface area contributed by atoms with Crippen LogP contribution in [0, 0.1) is 6.92 Å². The first kappa shape index (κ1) is 13.7.